The van der Waals surface area contributed by atoms with Crippen molar-refractivity contribution >= 4 is 28.9 Å². The molecule has 0 aliphatic heterocycles. The fraction of sp³-hybridized carbons (Fsp3) is 0.438. The highest BCUT2D eigenvalue weighted by molar-refractivity contribution is 6.62. The van der Waals surface area contributed by atoms with E-state index in [1.54, 1.807) is 20.8 Å². The van der Waals surface area contributed by atoms with Gasteiger partial charge < -0.3 is 15.2 Å². The highest BCUT2D eigenvalue weighted by Crippen LogP contribution is 2.08. The molecule has 0 heterocycles. The smallest absolute Gasteiger partial charge is 0.408 e. The van der Waals surface area contributed by atoms with E-state index >= 15 is 0 Å². The van der Waals surface area contributed by atoms with E-state index in [0.29, 0.717) is 0 Å². The number of amides is 1. The number of carboxylic acids is 1. The van der Waals surface area contributed by atoms with Crippen molar-refractivity contribution in [2.24, 2.45) is 0 Å². The van der Waals surface area contributed by atoms with E-state index in [2.05, 4.69) is 16.9 Å². The Labute approximate surface area is 140 Å². The van der Waals surface area contributed by atoms with Gasteiger partial charge in [0.1, 0.15) is 11.6 Å². The number of benzene rings is 1. The van der Waals surface area contributed by atoms with Gasteiger partial charge in [-0.05, 0) is 37.9 Å². The number of carbonyl (C=O) groups excluding carboxylic acids is 2. The van der Waals surface area contributed by atoms with E-state index < -0.39 is 23.7 Å². The number of rotatable bonds is 4. The summed E-state index contributed by atoms with van der Waals surface area (Å²) >= 11 is 4.64. The largest absolute Gasteiger partial charge is 0.480 e. The summed E-state index contributed by atoms with van der Waals surface area (Å²) < 4.78 is 5.04. The molecule has 0 radical (unpaired) electrons. The highest BCUT2D eigenvalue weighted by Gasteiger charge is 2.23. The molecular weight excluding hydrogens is 322 g/mol. The van der Waals surface area contributed by atoms with Crippen molar-refractivity contribution in [3.05, 3.63) is 35.9 Å². The second-order valence-electron chi connectivity index (χ2n) is 5.70. The summed E-state index contributed by atoms with van der Waals surface area (Å²) in [6, 6.07) is 8.11. The minimum atomic E-state index is -1.09. The fourth-order valence-electron chi connectivity index (χ4n) is 1.50. The molecule has 2 N–H and O–H groups in total. The molecule has 1 aromatic carbocycles. The molecule has 0 aliphatic rings. The topological polar surface area (TPSA) is 92.7 Å². The molecule has 7 heteroatoms. The van der Waals surface area contributed by atoms with Gasteiger partial charge in [-0.1, -0.05) is 30.3 Å². The SMILES string of the molecule is CC(=O)Cl.CC(C)(C)OC(=O)N[C@@H](Cc1ccccc1)C(=O)O. The van der Waals surface area contributed by atoms with Crippen LogP contribution in [0.15, 0.2) is 30.3 Å². The van der Waals surface area contributed by atoms with Gasteiger partial charge in [-0.25, -0.2) is 9.59 Å². The van der Waals surface area contributed by atoms with E-state index in [-0.39, 0.29) is 11.7 Å². The van der Waals surface area contributed by atoms with Gasteiger partial charge in [-0.2, -0.15) is 0 Å². The van der Waals surface area contributed by atoms with Crippen molar-refractivity contribution in [1.82, 2.24) is 5.32 Å². The molecular formula is C16H22ClNO5. The van der Waals surface area contributed by atoms with Crippen LogP contribution in [0.2, 0.25) is 0 Å². The number of alkyl carbamates (subject to hydrolysis) is 1. The lowest BCUT2D eigenvalue weighted by atomic mass is 10.1. The third-order valence-corrected chi connectivity index (χ3v) is 2.27. The fourth-order valence-corrected chi connectivity index (χ4v) is 1.50. The second-order valence-corrected chi connectivity index (χ2v) is 6.23. The summed E-state index contributed by atoms with van der Waals surface area (Å²) in [5.74, 6) is -1.09. The predicted molar refractivity (Wildman–Crippen MR) is 87.5 cm³/mol. The number of hydrogen-bond donors (Lipinski definition) is 2. The molecule has 6 nitrogen and oxygen atoms in total. The normalized spacial score (nSPS) is 11.5. The van der Waals surface area contributed by atoms with Crippen molar-refractivity contribution in [3.63, 3.8) is 0 Å². The number of ether oxygens (including phenoxy) is 1. The lowest BCUT2D eigenvalue weighted by Gasteiger charge is -2.22. The van der Waals surface area contributed by atoms with E-state index in [1.807, 2.05) is 30.3 Å². The molecule has 0 spiro atoms. The van der Waals surface area contributed by atoms with Crippen LogP contribution in [-0.2, 0) is 20.7 Å². The minimum Gasteiger partial charge on any atom is -0.480 e. The maximum absolute atomic E-state index is 11.6. The number of nitrogens with one attached hydrogen (secondary N) is 1. The maximum Gasteiger partial charge on any atom is 0.408 e. The van der Waals surface area contributed by atoms with Gasteiger partial charge in [0.25, 0.3) is 0 Å². The van der Waals surface area contributed by atoms with Crippen molar-refractivity contribution < 1.29 is 24.2 Å². The molecule has 23 heavy (non-hydrogen) atoms. The molecule has 1 amide bonds. The Hall–Kier alpha value is -2.08. The Bertz CT molecular complexity index is 521. The van der Waals surface area contributed by atoms with Crippen molar-refractivity contribution in [1.29, 1.82) is 0 Å². The molecule has 0 saturated heterocycles. The van der Waals surface area contributed by atoms with E-state index in [9.17, 15) is 14.4 Å². The van der Waals surface area contributed by atoms with Crippen LogP contribution < -0.4 is 5.32 Å². The Morgan fingerprint density at radius 1 is 1.22 bits per heavy atom. The van der Waals surface area contributed by atoms with Crippen LogP contribution in [-0.4, -0.2) is 34.1 Å². The minimum absolute atomic E-state index is 0.218. The average molecular weight is 344 g/mol. The van der Waals surface area contributed by atoms with E-state index in [1.165, 1.54) is 6.92 Å². The molecule has 1 aromatic rings. The first-order chi connectivity index (χ1) is 10.5. The number of carboxylic acid groups (broad SMARTS) is 1. The van der Waals surface area contributed by atoms with Crippen LogP contribution in [0, 0.1) is 0 Å². The molecule has 1 atom stereocenters. The van der Waals surface area contributed by atoms with Gasteiger partial charge in [-0.15, -0.1) is 0 Å². The summed E-state index contributed by atoms with van der Waals surface area (Å²) in [4.78, 5) is 31.9. The van der Waals surface area contributed by atoms with E-state index in [4.69, 9.17) is 9.84 Å². The van der Waals surface area contributed by atoms with Crippen molar-refractivity contribution in [2.75, 3.05) is 0 Å². The maximum atomic E-state index is 11.6. The third-order valence-electron chi connectivity index (χ3n) is 2.27. The van der Waals surface area contributed by atoms with Crippen molar-refractivity contribution in [2.45, 2.75) is 45.8 Å². The predicted octanol–water partition coefficient (Wildman–Crippen LogP) is 2.98. The summed E-state index contributed by atoms with van der Waals surface area (Å²) in [5, 5.41) is 11.1. The zero-order valence-electron chi connectivity index (χ0n) is 13.6. The standard InChI is InChI=1S/C14H19NO4.C2H3ClO/c1-14(2,3)19-13(18)15-11(12(16)17)9-10-7-5-4-6-8-10;1-2(3)4/h4-8,11H,9H2,1-3H3,(H,15,18)(H,16,17);1H3/t11-;/m0./s1. The van der Waals surface area contributed by atoms with Crippen LogP contribution in [0.4, 0.5) is 4.79 Å². The highest BCUT2D eigenvalue weighted by atomic mass is 35.5. The zero-order chi connectivity index (χ0) is 18.0. The monoisotopic (exact) mass is 343 g/mol. The average Bonchev–Trinajstić information content (AvgIpc) is 2.36. The van der Waals surface area contributed by atoms with Crippen LogP contribution in [0.1, 0.15) is 33.3 Å². The van der Waals surface area contributed by atoms with Gasteiger partial charge in [0, 0.05) is 13.3 Å². The lowest BCUT2D eigenvalue weighted by Crippen LogP contribution is -2.44. The third kappa shape index (κ3) is 12.2. The summed E-state index contributed by atoms with van der Waals surface area (Å²) in [6.07, 6.45) is -0.508. The first kappa shape index (κ1) is 20.9. The first-order valence-corrected chi connectivity index (χ1v) is 7.31. The Morgan fingerprint density at radius 3 is 2.09 bits per heavy atom. The van der Waals surface area contributed by atoms with Gasteiger partial charge >= 0.3 is 12.1 Å². The molecule has 128 valence electrons. The quantitative estimate of drug-likeness (QED) is 0.820. The number of hydrogen-bond acceptors (Lipinski definition) is 4. The van der Waals surface area contributed by atoms with Crippen LogP contribution in [0.3, 0.4) is 0 Å². The van der Waals surface area contributed by atoms with Gasteiger partial charge in [0.2, 0.25) is 5.24 Å². The molecule has 0 fully saturated rings. The van der Waals surface area contributed by atoms with Gasteiger partial charge in [0.15, 0.2) is 0 Å². The van der Waals surface area contributed by atoms with Crippen LogP contribution in [0.25, 0.3) is 0 Å². The second kappa shape index (κ2) is 9.84. The van der Waals surface area contributed by atoms with Crippen LogP contribution in [0.5, 0.6) is 0 Å². The Balaban J connectivity index is 0.00000108. The lowest BCUT2D eigenvalue weighted by molar-refractivity contribution is -0.139. The molecule has 0 bridgehead atoms. The number of halogens is 1. The molecule has 0 saturated carbocycles. The van der Waals surface area contributed by atoms with Gasteiger partial charge in [-0.3, -0.25) is 4.79 Å². The Morgan fingerprint density at radius 2 is 1.70 bits per heavy atom. The molecule has 0 unspecified atom stereocenters. The Kier molecular flexibility index (Phi) is 8.95. The molecule has 0 aromatic heterocycles. The zero-order valence-corrected chi connectivity index (χ0v) is 14.4. The van der Waals surface area contributed by atoms with Gasteiger partial charge in [0.05, 0.1) is 0 Å². The summed E-state index contributed by atoms with van der Waals surface area (Å²) in [7, 11) is 0. The van der Waals surface area contributed by atoms with Crippen LogP contribution >= 0.6 is 11.6 Å². The number of aliphatic carboxylic acids is 1. The summed E-state index contributed by atoms with van der Waals surface area (Å²) in [6.45, 7) is 6.46. The van der Waals surface area contributed by atoms with E-state index in [0.717, 1.165) is 5.56 Å². The first-order valence-electron chi connectivity index (χ1n) is 6.93. The molecule has 1 rings (SSSR count). The molecule has 0 aliphatic carbocycles. The summed E-state index contributed by atoms with van der Waals surface area (Å²) in [5.41, 5.74) is 0.186. The number of carbonyl (C=O) groups is 3. The van der Waals surface area contributed by atoms with Crippen molar-refractivity contribution in [3.8, 4) is 0 Å².